The Hall–Kier alpha value is -1.48. The SMILES string of the molecule is CCOCCn1c(C)nc2cc(S(=O)(=O)N3CCOCC3)ccc21. The van der Waals surface area contributed by atoms with Gasteiger partial charge in [-0.05, 0) is 32.0 Å². The second kappa shape index (κ2) is 7.18. The Kier molecular flexibility index (Phi) is 5.19. The van der Waals surface area contributed by atoms with Gasteiger partial charge in [-0.2, -0.15) is 4.31 Å². The molecule has 0 bridgehead atoms. The van der Waals surface area contributed by atoms with E-state index >= 15 is 0 Å². The first kappa shape index (κ1) is 17.3. The van der Waals surface area contributed by atoms with Crippen LogP contribution in [0.5, 0.6) is 0 Å². The third kappa shape index (κ3) is 3.32. The molecule has 24 heavy (non-hydrogen) atoms. The lowest BCUT2D eigenvalue weighted by atomic mass is 10.3. The fourth-order valence-corrected chi connectivity index (χ4v) is 4.34. The van der Waals surface area contributed by atoms with Crippen LogP contribution in [0.25, 0.3) is 11.0 Å². The van der Waals surface area contributed by atoms with Crippen LogP contribution in [0.15, 0.2) is 23.1 Å². The molecule has 0 amide bonds. The number of ether oxygens (including phenoxy) is 2. The van der Waals surface area contributed by atoms with E-state index in [1.54, 1.807) is 12.1 Å². The number of imidazole rings is 1. The predicted molar refractivity (Wildman–Crippen MR) is 90.5 cm³/mol. The zero-order valence-corrected chi connectivity index (χ0v) is 14.9. The molecular formula is C16H23N3O4S. The molecule has 0 spiro atoms. The Bertz CT molecular complexity index is 810. The Morgan fingerprint density at radius 3 is 2.75 bits per heavy atom. The van der Waals surface area contributed by atoms with Crippen LogP contribution in [0.1, 0.15) is 12.7 Å². The summed E-state index contributed by atoms with van der Waals surface area (Å²) in [5.74, 6) is 0.852. The topological polar surface area (TPSA) is 73.7 Å². The molecule has 0 atom stereocenters. The van der Waals surface area contributed by atoms with Gasteiger partial charge in [-0.25, -0.2) is 13.4 Å². The molecule has 1 fully saturated rings. The molecule has 132 valence electrons. The number of hydrogen-bond acceptors (Lipinski definition) is 5. The second-order valence-electron chi connectivity index (χ2n) is 5.67. The minimum atomic E-state index is -3.50. The van der Waals surface area contributed by atoms with E-state index in [2.05, 4.69) is 9.55 Å². The third-order valence-electron chi connectivity index (χ3n) is 4.18. The van der Waals surface area contributed by atoms with Gasteiger partial charge in [-0.15, -0.1) is 0 Å². The quantitative estimate of drug-likeness (QED) is 0.734. The molecule has 0 radical (unpaired) electrons. The maximum atomic E-state index is 12.7. The molecule has 1 aromatic heterocycles. The maximum absolute atomic E-state index is 12.7. The third-order valence-corrected chi connectivity index (χ3v) is 6.08. The van der Waals surface area contributed by atoms with Crippen molar-refractivity contribution in [3.05, 3.63) is 24.0 Å². The van der Waals surface area contributed by atoms with Crippen molar-refractivity contribution in [2.75, 3.05) is 39.5 Å². The molecular weight excluding hydrogens is 330 g/mol. The average molecular weight is 353 g/mol. The highest BCUT2D eigenvalue weighted by atomic mass is 32.2. The highest BCUT2D eigenvalue weighted by molar-refractivity contribution is 7.89. The van der Waals surface area contributed by atoms with Crippen LogP contribution in [-0.4, -0.2) is 61.8 Å². The molecule has 0 N–H and O–H groups in total. The van der Waals surface area contributed by atoms with Gasteiger partial charge in [0.25, 0.3) is 0 Å². The van der Waals surface area contributed by atoms with E-state index in [1.165, 1.54) is 4.31 Å². The van der Waals surface area contributed by atoms with Gasteiger partial charge in [0.1, 0.15) is 5.82 Å². The molecule has 7 nitrogen and oxygen atoms in total. The Morgan fingerprint density at radius 2 is 2.04 bits per heavy atom. The van der Waals surface area contributed by atoms with Crippen molar-refractivity contribution in [1.82, 2.24) is 13.9 Å². The number of fused-ring (bicyclic) bond motifs is 1. The van der Waals surface area contributed by atoms with Crippen LogP contribution in [0.2, 0.25) is 0 Å². The average Bonchev–Trinajstić information content (AvgIpc) is 2.91. The first-order chi connectivity index (χ1) is 11.5. The van der Waals surface area contributed by atoms with Gasteiger partial charge >= 0.3 is 0 Å². The molecule has 0 aliphatic carbocycles. The second-order valence-corrected chi connectivity index (χ2v) is 7.61. The number of aromatic nitrogens is 2. The summed E-state index contributed by atoms with van der Waals surface area (Å²) in [7, 11) is -3.50. The fourth-order valence-electron chi connectivity index (χ4n) is 2.91. The van der Waals surface area contributed by atoms with Crippen molar-refractivity contribution in [2.45, 2.75) is 25.3 Å². The Labute approximate surface area is 142 Å². The number of sulfonamides is 1. The molecule has 1 aromatic carbocycles. The van der Waals surface area contributed by atoms with Crippen LogP contribution < -0.4 is 0 Å². The van der Waals surface area contributed by atoms with E-state index in [0.29, 0.717) is 51.6 Å². The molecule has 2 aromatic rings. The molecule has 1 aliphatic heterocycles. The minimum Gasteiger partial charge on any atom is -0.380 e. The van der Waals surface area contributed by atoms with E-state index in [0.717, 1.165) is 11.3 Å². The highest BCUT2D eigenvalue weighted by Gasteiger charge is 2.26. The molecule has 0 saturated carbocycles. The van der Waals surface area contributed by atoms with Crippen molar-refractivity contribution in [3.63, 3.8) is 0 Å². The Balaban J connectivity index is 1.91. The number of benzene rings is 1. The lowest BCUT2D eigenvalue weighted by molar-refractivity contribution is 0.0730. The zero-order valence-electron chi connectivity index (χ0n) is 14.1. The summed E-state index contributed by atoms with van der Waals surface area (Å²) in [4.78, 5) is 4.79. The standard InChI is InChI=1S/C16H23N3O4S/c1-3-22-11-8-19-13(2)17-15-12-14(4-5-16(15)19)24(20,21)18-6-9-23-10-7-18/h4-5,12H,3,6-11H2,1-2H3. The minimum absolute atomic E-state index is 0.284. The maximum Gasteiger partial charge on any atom is 0.243 e. The van der Waals surface area contributed by atoms with Gasteiger partial charge in [0.2, 0.25) is 10.0 Å². The van der Waals surface area contributed by atoms with E-state index in [-0.39, 0.29) is 4.90 Å². The van der Waals surface area contributed by atoms with Crippen molar-refractivity contribution >= 4 is 21.1 Å². The van der Waals surface area contributed by atoms with E-state index in [9.17, 15) is 8.42 Å². The summed E-state index contributed by atoms with van der Waals surface area (Å²) < 4.78 is 39.7. The van der Waals surface area contributed by atoms with Gasteiger partial charge in [0.15, 0.2) is 0 Å². The normalized spacial score (nSPS) is 16.8. The summed E-state index contributed by atoms with van der Waals surface area (Å²) in [6, 6.07) is 5.14. The van der Waals surface area contributed by atoms with Crippen LogP contribution in [0, 0.1) is 6.92 Å². The van der Waals surface area contributed by atoms with E-state index in [4.69, 9.17) is 9.47 Å². The number of morpholine rings is 1. The number of nitrogens with zero attached hydrogens (tertiary/aromatic N) is 3. The van der Waals surface area contributed by atoms with Crippen LogP contribution >= 0.6 is 0 Å². The summed E-state index contributed by atoms with van der Waals surface area (Å²) in [5.41, 5.74) is 1.62. The van der Waals surface area contributed by atoms with E-state index in [1.807, 2.05) is 19.9 Å². The number of rotatable bonds is 6. The van der Waals surface area contributed by atoms with Crippen molar-refractivity contribution in [3.8, 4) is 0 Å². The lowest BCUT2D eigenvalue weighted by Crippen LogP contribution is -2.40. The summed E-state index contributed by atoms with van der Waals surface area (Å²) in [6.07, 6.45) is 0. The molecule has 0 unspecified atom stereocenters. The van der Waals surface area contributed by atoms with Gasteiger partial charge in [-0.3, -0.25) is 0 Å². The molecule has 1 saturated heterocycles. The van der Waals surface area contributed by atoms with Gasteiger partial charge in [0.05, 0.1) is 35.7 Å². The lowest BCUT2D eigenvalue weighted by Gasteiger charge is -2.26. The largest absolute Gasteiger partial charge is 0.380 e. The van der Waals surface area contributed by atoms with Crippen molar-refractivity contribution < 1.29 is 17.9 Å². The van der Waals surface area contributed by atoms with Gasteiger partial charge in [-0.1, -0.05) is 0 Å². The zero-order chi connectivity index (χ0) is 17.2. The monoisotopic (exact) mass is 353 g/mol. The smallest absolute Gasteiger partial charge is 0.243 e. The number of aryl methyl sites for hydroxylation is 1. The van der Waals surface area contributed by atoms with Gasteiger partial charge < -0.3 is 14.0 Å². The van der Waals surface area contributed by atoms with Crippen LogP contribution in [0.3, 0.4) is 0 Å². The van der Waals surface area contributed by atoms with Crippen molar-refractivity contribution in [2.24, 2.45) is 0 Å². The molecule has 8 heteroatoms. The summed E-state index contributed by atoms with van der Waals surface area (Å²) in [6.45, 7) is 7.52. The first-order valence-corrected chi connectivity index (χ1v) is 9.60. The van der Waals surface area contributed by atoms with E-state index < -0.39 is 10.0 Å². The van der Waals surface area contributed by atoms with Crippen LogP contribution in [0.4, 0.5) is 0 Å². The molecule has 1 aliphatic rings. The molecule has 2 heterocycles. The molecule has 3 rings (SSSR count). The Morgan fingerprint density at radius 1 is 1.29 bits per heavy atom. The van der Waals surface area contributed by atoms with Crippen molar-refractivity contribution in [1.29, 1.82) is 0 Å². The predicted octanol–water partition coefficient (Wildman–Crippen LogP) is 1.40. The highest BCUT2D eigenvalue weighted by Crippen LogP contribution is 2.23. The van der Waals surface area contributed by atoms with Gasteiger partial charge in [0, 0.05) is 26.2 Å². The summed E-state index contributed by atoms with van der Waals surface area (Å²) in [5, 5.41) is 0. The number of hydrogen-bond donors (Lipinski definition) is 0. The fraction of sp³-hybridized carbons (Fsp3) is 0.562. The van der Waals surface area contributed by atoms with Crippen LogP contribution in [-0.2, 0) is 26.0 Å². The first-order valence-electron chi connectivity index (χ1n) is 8.16. The summed E-state index contributed by atoms with van der Waals surface area (Å²) >= 11 is 0.